The Balaban J connectivity index is 1.14. The molecule has 0 bridgehead atoms. The van der Waals surface area contributed by atoms with Gasteiger partial charge in [-0.05, 0) is 98.9 Å². The van der Waals surface area contributed by atoms with Crippen LogP contribution in [0.1, 0.15) is 16.7 Å². The Hall–Kier alpha value is -7.89. The number of rotatable bonds is 8. The Morgan fingerprint density at radius 3 is 1.67 bits per heavy atom. The molecule has 0 amide bonds. The molecule has 0 saturated heterocycles. The minimum absolute atomic E-state index is 0.337. The molecule has 0 aliphatic heterocycles. The number of benzene rings is 9. The van der Waals surface area contributed by atoms with E-state index in [4.69, 9.17) is 20.9 Å². The number of nitrogens with two attached hydrogens (primary N) is 2. The lowest BCUT2D eigenvalue weighted by Gasteiger charge is -2.26. The van der Waals surface area contributed by atoms with Crippen LogP contribution in [0.25, 0.3) is 66.0 Å². The fourth-order valence-electron chi connectivity index (χ4n) is 7.91. The highest BCUT2D eigenvalue weighted by atomic mass is 16.3. The topological polar surface area (TPSA) is 80.8 Å². The molecule has 10 rings (SSSR count). The predicted molar refractivity (Wildman–Crippen MR) is 243 cm³/mol. The van der Waals surface area contributed by atoms with Gasteiger partial charge in [-0.3, -0.25) is 0 Å². The van der Waals surface area contributed by atoms with Gasteiger partial charge in [-0.25, -0.2) is 4.99 Å². The molecule has 276 valence electrons. The van der Waals surface area contributed by atoms with Crippen molar-refractivity contribution in [1.82, 2.24) is 0 Å². The van der Waals surface area contributed by atoms with Crippen molar-refractivity contribution in [3.8, 4) is 11.1 Å². The number of nitrogens with zero attached hydrogens (tertiary/aromatic N) is 2. The maximum atomic E-state index is 7.17. The molecular formula is C53H38N4O. The number of anilines is 3. The fourth-order valence-corrected chi connectivity index (χ4v) is 7.91. The molecular weight excluding hydrogens is 709 g/mol. The van der Waals surface area contributed by atoms with Crippen LogP contribution in [0.15, 0.2) is 216 Å². The first-order valence-corrected chi connectivity index (χ1v) is 19.4. The second-order valence-electron chi connectivity index (χ2n) is 14.4. The van der Waals surface area contributed by atoms with Crippen LogP contribution in [0.5, 0.6) is 0 Å². The molecule has 1 aromatic heterocycles. The molecule has 5 nitrogen and oxygen atoms in total. The molecule has 0 radical (unpaired) electrons. The molecule has 0 spiro atoms. The summed E-state index contributed by atoms with van der Waals surface area (Å²) in [6.45, 7) is 0. The Morgan fingerprint density at radius 1 is 0.431 bits per heavy atom. The molecule has 58 heavy (non-hydrogen) atoms. The summed E-state index contributed by atoms with van der Waals surface area (Å²) in [5.74, 6) is 0.337. The summed E-state index contributed by atoms with van der Waals surface area (Å²) in [6.07, 6.45) is 0. The van der Waals surface area contributed by atoms with Gasteiger partial charge in [0.25, 0.3) is 0 Å². The van der Waals surface area contributed by atoms with Crippen molar-refractivity contribution in [3.05, 3.63) is 223 Å². The Kier molecular flexibility index (Phi) is 8.73. The van der Waals surface area contributed by atoms with E-state index in [1.165, 1.54) is 10.8 Å². The first-order chi connectivity index (χ1) is 28.6. The summed E-state index contributed by atoms with van der Waals surface area (Å²) in [7, 11) is 0. The number of fused-ring (bicyclic) bond motifs is 5. The monoisotopic (exact) mass is 746 g/mol. The molecule has 0 atom stereocenters. The minimum Gasteiger partial charge on any atom is -0.456 e. The summed E-state index contributed by atoms with van der Waals surface area (Å²) < 4.78 is 6.68. The zero-order chi connectivity index (χ0) is 39.0. The van der Waals surface area contributed by atoms with Crippen molar-refractivity contribution < 1.29 is 4.42 Å². The predicted octanol–water partition coefficient (Wildman–Crippen LogP) is 13.2. The number of para-hydroxylation sites is 1. The van der Waals surface area contributed by atoms with Gasteiger partial charge >= 0.3 is 0 Å². The number of hydrogen-bond donors (Lipinski definition) is 2. The zero-order valence-corrected chi connectivity index (χ0v) is 31.6. The third-order valence-electron chi connectivity index (χ3n) is 10.8. The van der Waals surface area contributed by atoms with Crippen LogP contribution in [0.4, 0.5) is 17.1 Å². The van der Waals surface area contributed by atoms with Crippen LogP contribution in [-0.2, 0) is 0 Å². The lowest BCUT2D eigenvalue weighted by Crippen LogP contribution is -2.15. The summed E-state index contributed by atoms with van der Waals surface area (Å²) in [5, 5.41) is 6.49. The van der Waals surface area contributed by atoms with Crippen molar-refractivity contribution in [2.45, 2.75) is 0 Å². The second kappa shape index (κ2) is 14.6. The van der Waals surface area contributed by atoms with Gasteiger partial charge in [-0.15, -0.1) is 0 Å². The first kappa shape index (κ1) is 34.6. The highest BCUT2D eigenvalue weighted by Crippen LogP contribution is 2.40. The third-order valence-corrected chi connectivity index (χ3v) is 10.8. The van der Waals surface area contributed by atoms with Crippen molar-refractivity contribution in [1.29, 1.82) is 0 Å². The zero-order valence-electron chi connectivity index (χ0n) is 31.6. The number of aliphatic imine (C=N–C) groups is 1. The Labute approximate surface area is 336 Å². The van der Waals surface area contributed by atoms with E-state index in [0.29, 0.717) is 17.2 Å². The standard InChI is InChI=1S/C53H38N4O/c54-51(37-15-4-1-5-16-37)52(38-17-6-2-7-18-38)56-53(55)47-32-42(34-49-50(47)46-31-40-20-12-13-21-41(40)33-48(46)58-49)36-24-27-44(28-25-36)57(43-22-8-3-9-23-43)45-29-26-35-14-10-11-19-39(35)30-45/h1-34H,54H2,(H2,55,56)/b52-51-. The van der Waals surface area contributed by atoms with Gasteiger partial charge in [0.05, 0.1) is 11.4 Å². The molecule has 0 aliphatic rings. The van der Waals surface area contributed by atoms with Gasteiger partial charge in [-0.2, -0.15) is 0 Å². The van der Waals surface area contributed by atoms with E-state index in [0.717, 1.165) is 77.6 Å². The Bertz CT molecular complexity index is 3170. The van der Waals surface area contributed by atoms with Gasteiger partial charge in [0, 0.05) is 39.0 Å². The number of amidine groups is 1. The van der Waals surface area contributed by atoms with E-state index in [9.17, 15) is 0 Å². The molecule has 5 heteroatoms. The van der Waals surface area contributed by atoms with Gasteiger partial charge in [0.2, 0.25) is 0 Å². The highest BCUT2D eigenvalue weighted by molar-refractivity contribution is 6.21. The van der Waals surface area contributed by atoms with Crippen LogP contribution in [-0.4, -0.2) is 5.84 Å². The summed E-state index contributed by atoms with van der Waals surface area (Å²) in [5.41, 5.74) is 24.4. The lowest BCUT2D eigenvalue weighted by atomic mass is 9.97. The SMILES string of the molecule is N/C(=N\C(=C(/N)c1ccccc1)c1ccccc1)c1cc(-c2ccc(N(c3ccccc3)c3ccc4ccccc4c3)cc2)cc2oc3cc4ccccc4cc3c12. The van der Waals surface area contributed by atoms with Crippen molar-refractivity contribution in [2.75, 3.05) is 4.90 Å². The van der Waals surface area contributed by atoms with E-state index < -0.39 is 0 Å². The quantitative estimate of drug-likeness (QED) is 0.0921. The lowest BCUT2D eigenvalue weighted by molar-refractivity contribution is 0.669. The van der Waals surface area contributed by atoms with Crippen LogP contribution in [0, 0.1) is 0 Å². The maximum Gasteiger partial charge on any atom is 0.136 e. The third kappa shape index (κ3) is 6.41. The van der Waals surface area contributed by atoms with Gasteiger partial charge < -0.3 is 20.8 Å². The fraction of sp³-hybridized carbons (Fsp3) is 0. The van der Waals surface area contributed by atoms with E-state index >= 15 is 0 Å². The molecule has 0 aliphatic carbocycles. The smallest absolute Gasteiger partial charge is 0.136 e. The van der Waals surface area contributed by atoms with Crippen LogP contribution >= 0.6 is 0 Å². The molecule has 4 N–H and O–H groups in total. The van der Waals surface area contributed by atoms with Crippen molar-refractivity contribution >= 4 is 77.8 Å². The van der Waals surface area contributed by atoms with Gasteiger partial charge in [0.15, 0.2) is 0 Å². The molecule has 1 heterocycles. The Morgan fingerprint density at radius 2 is 0.983 bits per heavy atom. The summed E-state index contributed by atoms with van der Waals surface area (Å²) in [4.78, 5) is 7.44. The molecule has 0 saturated carbocycles. The number of hydrogen-bond acceptors (Lipinski definition) is 4. The van der Waals surface area contributed by atoms with Crippen LogP contribution in [0.2, 0.25) is 0 Å². The minimum atomic E-state index is 0.337. The second-order valence-corrected chi connectivity index (χ2v) is 14.4. The summed E-state index contributed by atoms with van der Waals surface area (Å²) >= 11 is 0. The average Bonchev–Trinajstić information content (AvgIpc) is 3.65. The van der Waals surface area contributed by atoms with Crippen molar-refractivity contribution in [2.24, 2.45) is 16.5 Å². The molecule has 9 aromatic carbocycles. The van der Waals surface area contributed by atoms with Crippen LogP contribution < -0.4 is 16.4 Å². The normalized spacial score (nSPS) is 12.3. The maximum absolute atomic E-state index is 7.17. The molecule has 0 unspecified atom stereocenters. The van der Waals surface area contributed by atoms with Crippen LogP contribution in [0.3, 0.4) is 0 Å². The highest BCUT2D eigenvalue weighted by Gasteiger charge is 2.20. The molecule has 0 fully saturated rings. The van der Waals surface area contributed by atoms with E-state index in [1.807, 2.05) is 72.8 Å². The molecule has 10 aromatic rings. The van der Waals surface area contributed by atoms with Gasteiger partial charge in [0.1, 0.15) is 17.0 Å². The average molecular weight is 747 g/mol. The largest absolute Gasteiger partial charge is 0.456 e. The first-order valence-electron chi connectivity index (χ1n) is 19.4. The van der Waals surface area contributed by atoms with E-state index in [2.05, 4.69) is 138 Å². The number of furan rings is 1. The van der Waals surface area contributed by atoms with Gasteiger partial charge in [-0.1, -0.05) is 146 Å². The van der Waals surface area contributed by atoms with E-state index in [1.54, 1.807) is 0 Å². The van der Waals surface area contributed by atoms with Crippen molar-refractivity contribution in [3.63, 3.8) is 0 Å². The van der Waals surface area contributed by atoms with E-state index in [-0.39, 0.29) is 0 Å². The summed E-state index contributed by atoms with van der Waals surface area (Å²) in [6, 6.07) is 70.8.